The molecule has 1 aromatic heterocycles. The van der Waals surface area contributed by atoms with Crippen molar-refractivity contribution in [1.82, 2.24) is 10.2 Å². The highest BCUT2D eigenvalue weighted by Crippen LogP contribution is 2.16. The van der Waals surface area contributed by atoms with Crippen molar-refractivity contribution < 1.29 is 9.18 Å². The summed E-state index contributed by atoms with van der Waals surface area (Å²) in [6, 6.07) is 7.38. The lowest BCUT2D eigenvalue weighted by Crippen LogP contribution is -2.13. The Bertz CT molecular complexity index is 548. The van der Waals surface area contributed by atoms with E-state index in [0.29, 0.717) is 10.3 Å². The van der Waals surface area contributed by atoms with Gasteiger partial charge in [-0.2, -0.15) is 5.10 Å². The number of hydrogen-bond donors (Lipinski definition) is 1. The fourth-order valence-electron chi connectivity index (χ4n) is 1.19. The smallest absolute Gasteiger partial charge is 0.256 e. The number of carbonyl (C=O) groups excluding carboxylic acids is 1. The van der Waals surface area contributed by atoms with E-state index in [1.165, 1.54) is 18.3 Å². The molecule has 2 rings (SSSR count). The summed E-state index contributed by atoms with van der Waals surface area (Å²) in [5.41, 5.74) is 0.219. The van der Waals surface area contributed by atoms with Crippen LogP contribution in [0.3, 0.4) is 0 Å². The summed E-state index contributed by atoms with van der Waals surface area (Å²) in [6.45, 7) is 0. The maximum atomic E-state index is 13.2. The topological polar surface area (TPSA) is 54.9 Å². The van der Waals surface area contributed by atoms with E-state index in [4.69, 9.17) is 0 Å². The number of anilines is 1. The number of aromatic nitrogens is 2. The van der Waals surface area contributed by atoms with E-state index < -0.39 is 11.7 Å². The summed E-state index contributed by atoms with van der Waals surface area (Å²) in [5.74, 6) is -0.602. The van der Waals surface area contributed by atoms with E-state index in [1.54, 1.807) is 12.1 Å². The van der Waals surface area contributed by atoms with Gasteiger partial charge in [-0.3, -0.25) is 4.79 Å². The first-order chi connectivity index (χ1) is 8.16. The summed E-state index contributed by atoms with van der Waals surface area (Å²) in [5, 5.41) is 9.83. The van der Waals surface area contributed by atoms with E-state index in [1.807, 2.05) is 0 Å². The van der Waals surface area contributed by atoms with Crippen molar-refractivity contribution in [1.29, 1.82) is 0 Å². The van der Waals surface area contributed by atoms with E-state index in [-0.39, 0.29) is 5.56 Å². The predicted octanol–water partition coefficient (Wildman–Crippen LogP) is 2.63. The quantitative estimate of drug-likeness (QED) is 0.927. The van der Waals surface area contributed by atoms with Gasteiger partial charge in [0.15, 0.2) is 5.82 Å². The number of hydrogen-bond acceptors (Lipinski definition) is 3. The summed E-state index contributed by atoms with van der Waals surface area (Å²) in [7, 11) is 0. The molecule has 0 aliphatic rings. The Morgan fingerprint density at radius 1 is 1.35 bits per heavy atom. The van der Waals surface area contributed by atoms with Crippen LogP contribution < -0.4 is 5.32 Å². The first-order valence-electron chi connectivity index (χ1n) is 4.71. The molecule has 2 aromatic rings. The fraction of sp³-hybridized carbons (Fsp3) is 0. The second-order valence-corrected chi connectivity index (χ2v) is 4.05. The van der Waals surface area contributed by atoms with Crippen molar-refractivity contribution in [2.45, 2.75) is 0 Å². The summed E-state index contributed by atoms with van der Waals surface area (Å²) in [6.07, 6.45) is 1.49. The lowest BCUT2D eigenvalue weighted by atomic mass is 10.2. The number of nitrogens with zero attached hydrogens (tertiary/aromatic N) is 2. The Labute approximate surface area is 105 Å². The molecule has 4 nitrogen and oxygen atoms in total. The SMILES string of the molecule is O=C(Nc1cccnn1)c1ccc(Br)c(F)c1. The second kappa shape index (κ2) is 5.01. The minimum atomic E-state index is -0.489. The van der Waals surface area contributed by atoms with E-state index in [0.717, 1.165) is 6.07 Å². The van der Waals surface area contributed by atoms with Crippen molar-refractivity contribution in [3.05, 3.63) is 52.4 Å². The van der Waals surface area contributed by atoms with E-state index >= 15 is 0 Å². The third-order valence-corrected chi connectivity index (χ3v) is 2.64. The number of carbonyl (C=O) groups is 1. The molecule has 0 bridgehead atoms. The maximum absolute atomic E-state index is 13.2. The molecule has 0 aliphatic heterocycles. The number of benzene rings is 1. The minimum Gasteiger partial charge on any atom is -0.305 e. The van der Waals surface area contributed by atoms with Crippen LogP contribution in [0.5, 0.6) is 0 Å². The van der Waals surface area contributed by atoms with Gasteiger partial charge < -0.3 is 5.32 Å². The highest BCUT2D eigenvalue weighted by atomic mass is 79.9. The largest absolute Gasteiger partial charge is 0.305 e. The third-order valence-electron chi connectivity index (χ3n) is 2.00. The Morgan fingerprint density at radius 3 is 2.82 bits per heavy atom. The Kier molecular flexibility index (Phi) is 3.43. The first-order valence-corrected chi connectivity index (χ1v) is 5.50. The van der Waals surface area contributed by atoms with Gasteiger partial charge in [0, 0.05) is 11.8 Å². The molecule has 0 spiro atoms. The average molecular weight is 296 g/mol. The molecule has 17 heavy (non-hydrogen) atoms. The normalized spacial score (nSPS) is 10.0. The molecule has 0 atom stereocenters. The molecule has 1 amide bonds. The molecule has 0 unspecified atom stereocenters. The summed E-state index contributed by atoms with van der Waals surface area (Å²) in [4.78, 5) is 11.7. The fourth-order valence-corrected chi connectivity index (χ4v) is 1.44. The van der Waals surface area contributed by atoms with Crippen LogP contribution >= 0.6 is 15.9 Å². The Hall–Kier alpha value is -1.82. The molecule has 1 N–H and O–H groups in total. The van der Waals surface area contributed by atoms with Crippen LogP contribution in [0.1, 0.15) is 10.4 Å². The molecule has 0 fully saturated rings. The van der Waals surface area contributed by atoms with Gasteiger partial charge >= 0.3 is 0 Å². The Morgan fingerprint density at radius 2 is 2.18 bits per heavy atom. The van der Waals surface area contributed by atoms with Gasteiger partial charge in [-0.25, -0.2) is 4.39 Å². The monoisotopic (exact) mass is 295 g/mol. The van der Waals surface area contributed by atoms with Crippen LogP contribution in [0, 0.1) is 5.82 Å². The molecule has 0 saturated heterocycles. The highest BCUT2D eigenvalue weighted by Gasteiger charge is 2.09. The van der Waals surface area contributed by atoms with Crippen LogP contribution in [0.25, 0.3) is 0 Å². The van der Waals surface area contributed by atoms with Crippen molar-refractivity contribution in [2.75, 3.05) is 5.32 Å². The number of halogens is 2. The van der Waals surface area contributed by atoms with Crippen LogP contribution in [0.2, 0.25) is 0 Å². The predicted molar refractivity (Wildman–Crippen MR) is 64.1 cm³/mol. The van der Waals surface area contributed by atoms with Gasteiger partial charge in [-0.05, 0) is 46.3 Å². The number of amides is 1. The van der Waals surface area contributed by atoms with Crippen LogP contribution in [0.4, 0.5) is 10.2 Å². The first kappa shape index (κ1) is 11.7. The molecule has 0 saturated carbocycles. The molecule has 86 valence electrons. The van der Waals surface area contributed by atoms with Gasteiger partial charge in [0.2, 0.25) is 0 Å². The van der Waals surface area contributed by atoms with Gasteiger partial charge in [-0.1, -0.05) is 0 Å². The van der Waals surface area contributed by atoms with Gasteiger partial charge in [0.05, 0.1) is 4.47 Å². The molecular formula is C11H7BrFN3O. The third kappa shape index (κ3) is 2.85. The summed E-state index contributed by atoms with van der Waals surface area (Å²) < 4.78 is 13.5. The molecule has 0 aliphatic carbocycles. The van der Waals surface area contributed by atoms with E-state index in [9.17, 15) is 9.18 Å². The van der Waals surface area contributed by atoms with E-state index in [2.05, 4.69) is 31.4 Å². The minimum absolute atomic E-state index is 0.219. The maximum Gasteiger partial charge on any atom is 0.256 e. The van der Waals surface area contributed by atoms with Crippen molar-refractivity contribution >= 4 is 27.7 Å². The zero-order chi connectivity index (χ0) is 12.3. The van der Waals surface area contributed by atoms with Crippen molar-refractivity contribution in [2.24, 2.45) is 0 Å². The van der Waals surface area contributed by atoms with Crippen LogP contribution in [-0.2, 0) is 0 Å². The molecular weight excluding hydrogens is 289 g/mol. The lowest BCUT2D eigenvalue weighted by molar-refractivity contribution is 0.102. The molecule has 1 aromatic carbocycles. The number of nitrogens with one attached hydrogen (secondary N) is 1. The van der Waals surface area contributed by atoms with Gasteiger partial charge in [0.25, 0.3) is 5.91 Å². The van der Waals surface area contributed by atoms with Crippen LogP contribution in [0.15, 0.2) is 41.0 Å². The lowest BCUT2D eigenvalue weighted by Gasteiger charge is -2.03. The van der Waals surface area contributed by atoms with Gasteiger partial charge in [-0.15, -0.1) is 5.10 Å². The molecule has 6 heteroatoms. The molecule has 1 heterocycles. The Balaban J connectivity index is 2.18. The number of rotatable bonds is 2. The zero-order valence-corrected chi connectivity index (χ0v) is 10.1. The second-order valence-electron chi connectivity index (χ2n) is 3.19. The highest BCUT2D eigenvalue weighted by molar-refractivity contribution is 9.10. The van der Waals surface area contributed by atoms with Crippen LogP contribution in [-0.4, -0.2) is 16.1 Å². The standard InChI is InChI=1S/C11H7BrFN3O/c12-8-4-3-7(6-9(8)13)11(17)15-10-2-1-5-14-16-10/h1-6H,(H,15,16,17). The zero-order valence-electron chi connectivity index (χ0n) is 8.52. The van der Waals surface area contributed by atoms with Crippen molar-refractivity contribution in [3.8, 4) is 0 Å². The average Bonchev–Trinajstić information content (AvgIpc) is 2.34. The van der Waals surface area contributed by atoms with Gasteiger partial charge in [0.1, 0.15) is 5.82 Å². The molecule has 0 radical (unpaired) electrons. The van der Waals surface area contributed by atoms with Crippen molar-refractivity contribution in [3.63, 3.8) is 0 Å². The summed E-state index contributed by atoms with van der Waals surface area (Å²) >= 11 is 3.02.